The molecule has 4 nitrogen and oxygen atoms in total. The lowest BCUT2D eigenvalue weighted by Gasteiger charge is -2.09. The Labute approximate surface area is 124 Å². The Bertz CT molecular complexity index is 718. The van der Waals surface area contributed by atoms with Gasteiger partial charge in [-0.25, -0.2) is 8.42 Å². The Morgan fingerprint density at radius 2 is 1.67 bits per heavy atom. The van der Waals surface area contributed by atoms with Gasteiger partial charge in [-0.2, -0.15) is 0 Å². The van der Waals surface area contributed by atoms with Crippen molar-refractivity contribution in [1.82, 2.24) is 0 Å². The van der Waals surface area contributed by atoms with Crippen LogP contribution in [0.5, 0.6) is 17.2 Å². The fourth-order valence-electron chi connectivity index (χ4n) is 1.99. The summed E-state index contributed by atoms with van der Waals surface area (Å²) in [6, 6.07) is 11.3. The Hall–Kier alpha value is -2.01. The van der Waals surface area contributed by atoms with Gasteiger partial charge in [0.25, 0.3) is 0 Å². The van der Waals surface area contributed by atoms with Crippen LogP contribution in [0.25, 0.3) is 0 Å². The minimum absolute atomic E-state index is 0.257. The van der Waals surface area contributed by atoms with Gasteiger partial charge in [0.1, 0.15) is 17.2 Å². The van der Waals surface area contributed by atoms with Gasteiger partial charge in [-0.3, -0.25) is 0 Å². The first-order valence-corrected chi connectivity index (χ1v) is 8.59. The predicted octanol–water partition coefficient (Wildman–Crippen LogP) is 3.54. The lowest BCUT2D eigenvalue weighted by atomic mass is 10.1. The van der Waals surface area contributed by atoms with Crippen LogP contribution >= 0.6 is 0 Å². The van der Waals surface area contributed by atoms with Crippen molar-refractivity contribution in [2.45, 2.75) is 24.7 Å². The van der Waals surface area contributed by atoms with Crippen LogP contribution < -0.4 is 4.74 Å². The number of aryl methyl sites for hydroxylation is 1. The topological polar surface area (TPSA) is 63.6 Å². The van der Waals surface area contributed by atoms with Crippen LogP contribution in [0.2, 0.25) is 0 Å². The molecule has 0 spiro atoms. The third-order valence-electron chi connectivity index (χ3n) is 3.06. The Kier molecular flexibility index (Phi) is 4.53. The van der Waals surface area contributed by atoms with E-state index in [1.54, 1.807) is 30.3 Å². The minimum Gasteiger partial charge on any atom is -0.508 e. The molecule has 0 bridgehead atoms. The summed E-state index contributed by atoms with van der Waals surface area (Å²) in [5, 5.41) is 9.74. The van der Waals surface area contributed by atoms with Crippen molar-refractivity contribution in [1.29, 1.82) is 0 Å². The van der Waals surface area contributed by atoms with Crippen molar-refractivity contribution >= 4 is 9.84 Å². The SMILES string of the molecule is CCCc1cc(Oc2ccc(S(C)(=O)=O)cc2)ccc1O. The van der Waals surface area contributed by atoms with Gasteiger partial charge in [-0.05, 0) is 54.4 Å². The highest BCUT2D eigenvalue weighted by molar-refractivity contribution is 7.90. The number of phenols is 1. The zero-order chi connectivity index (χ0) is 15.5. The summed E-state index contributed by atoms with van der Waals surface area (Å²) in [6.45, 7) is 2.04. The molecule has 0 aromatic heterocycles. The lowest BCUT2D eigenvalue weighted by Crippen LogP contribution is -1.96. The maximum absolute atomic E-state index is 11.4. The molecule has 112 valence electrons. The highest BCUT2D eigenvalue weighted by Crippen LogP contribution is 2.28. The minimum atomic E-state index is -3.20. The largest absolute Gasteiger partial charge is 0.508 e. The first-order chi connectivity index (χ1) is 9.90. The van der Waals surface area contributed by atoms with Crippen LogP contribution in [-0.4, -0.2) is 19.8 Å². The zero-order valence-electron chi connectivity index (χ0n) is 12.0. The first-order valence-electron chi connectivity index (χ1n) is 6.70. The molecule has 0 unspecified atom stereocenters. The standard InChI is InChI=1S/C16H18O4S/c1-3-4-12-11-14(7-10-16(12)17)20-13-5-8-15(9-6-13)21(2,18)19/h5-11,17H,3-4H2,1-2H3. The Balaban J connectivity index is 2.20. The van der Waals surface area contributed by atoms with E-state index in [0.29, 0.717) is 11.5 Å². The Morgan fingerprint density at radius 1 is 1.05 bits per heavy atom. The van der Waals surface area contributed by atoms with Crippen LogP contribution in [0.3, 0.4) is 0 Å². The lowest BCUT2D eigenvalue weighted by molar-refractivity contribution is 0.457. The molecule has 1 N–H and O–H groups in total. The number of sulfone groups is 1. The van der Waals surface area contributed by atoms with E-state index in [0.717, 1.165) is 18.4 Å². The van der Waals surface area contributed by atoms with Crippen LogP contribution in [0.4, 0.5) is 0 Å². The molecule has 5 heteroatoms. The second-order valence-electron chi connectivity index (χ2n) is 4.89. The van der Waals surface area contributed by atoms with Crippen LogP contribution in [0, 0.1) is 0 Å². The van der Waals surface area contributed by atoms with Gasteiger partial charge in [-0.15, -0.1) is 0 Å². The van der Waals surface area contributed by atoms with Crippen molar-refractivity contribution in [3.63, 3.8) is 0 Å². The average molecular weight is 306 g/mol. The third-order valence-corrected chi connectivity index (χ3v) is 4.19. The van der Waals surface area contributed by atoms with Gasteiger partial charge < -0.3 is 9.84 Å². The number of phenolic OH excluding ortho intramolecular Hbond substituents is 1. The molecule has 0 saturated carbocycles. The summed E-state index contributed by atoms with van der Waals surface area (Å²) < 4.78 is 28.5. The first kappa shape index (κ1) is 15.4. The highest BCUT2D eigenvalue weighted by atomic mass is 32.2. The molecule has 0 aliphatic rings. The predicted molar refractivity (Wildman–Crippen MR) is 81.7 cm³/mol. The van der Waals surface area contributed by atoms with Gasteiger partial charge >= 0.3 is 0 Å². The quantitative estimate of drug-likeness (QED) is 0.917. The van der Waals surface area contributed by atoms with E-state index >= 15 is 0 Å². The van der Waals surface area contributed by atoms with Crippen molar-refractivity contribution in [3.8, 4) is 17.2 Å². The van der Waals surface area contributed by atoms with E-state index in [-0.39, 0.29) is 10.6 Å². The molecule has 0 aliphatic carbocycles. The van der Waals surface area contributed by atoms with E-state index in [1.165, 1.54) is 18.4 Å². The van der Waals surface area contributed by atoms with E-state index in [4.69, 9.17) is 4.74 Å². The molecule has 0 atom stereocenters. The molecule has 2 aromatic rings. The smallest absolute Gasteiger partial charge is 0.175 e. The average Bonchev–Trinajstić information content (AvgIpc) is 2.42. The number of hydrogen-bond acceptors (Lipinski definition) is 4. The van der Waals surface area contributed by atoms with Gasteiger partial charge in [0.15, 0.2) is 9.84 Å². The number of rotatable bonds is 5. The Morgan fingerprint density at radius 3 is 2.24 bits per heavy atom. The maximum atomic E-state index is 11.4. The number of aromatic hydroxyl groups is 1. The monoisotopic (exact) mass is 306 g/mol. The van der Waals surface area contributed by atoms with Crippen molar-refractivity contribution in [2.75, 3.05) is 6.26 Å². The molecule has 0 heterocycles. The maximum Gasteiger partial charge on any atom is 0.175 e. The van der Waals surface area contributed by atoms with Gasteiger partial charge in [0.05, 0.1) is 4.90 Å². The molecule has 2 aromatic carbocycles. The van der Waals surface area contributed by atoms with Crippen molar-refractivity contribution in [2.24, 2.45) is 0 Å². The molecular formula is C16H18O4S. The fraction of sp³-hybridized carbons (Fsp3) is 0.250. The number of hydrogen-bond donors (Lipinski definition) is 1. The number of ether oxygens (including phenoxy) is 1. The molecule has 0 aliphatic heterocycles. The van der Waals surface area contributed by atoms with Crippen LogP contribution in [0.1, 0.15) is 18.9 Å². The summed E-state index contributed by atoms with van der Waals surface area (Å²) >= 11 is 0. The summed E-state index contributed by atoms with van der Waals surface area (Å²) in [5.74, 6) is 1.43. The third kappa shape index (κ3) is 3.98. The number of benzene rings is 2. The molecule has 21 heavy (non-hydrogen) atoms. The molecule has 0 fully saturated rings. The van der Waals surface area contributed by atoms with Crippen LogP contribution in [0.15, 0.2) is 47.4 Å². The summed E-state index contributed by atoms with van der Waals surface area (Å²) in [4.78, 5) is 0.257. The summed E-state index contributed by atoms with van der Waals surface area (Å²) in [6.07, 6.45) is 2.87. The molecule has 0 amide bonds. The second kappa shape index (κ2) is 6.18. The van der Waals surface area contributed by atoms with E-state index in [9.17, 15) is 13.5 Å². The molecule has 0 saturated heterocycles. The van der Waals surface area contributed by atoms with Crippen molar-refractivity contribution in [3.05, 3.63) is 48.0 Å². The van der Waals surface area contributed by atoms with Crippen molar-refractivity contribution < 1.29 is 18.3 Å². The normalized spacial score (nSPS) is 11.3. The van der Waals surface area contributed by atoms with E-state index < -0.39 is 9.84 Å². The zero-order valence-corrected chi connectivity index (χ0v) is 12.9. The van der Waals surface area contributed by atoms with Crippen LogP contribution in [-0.2, 0) is 16.3 Å². The van der Waals surface area contributed by atoms with Gasteiger partial charge in [0, 0.05) is 6.26 Å². The van der Waals surface area contributed by atoms with Gasteiger partial charge in [0.2, 0.25) is 0 Å². The molecule has 0 radical (unpaired) electrons. The molecular weight excluding hydrogens is 288 g/mol. The summed E-state index contributed by atoms with van der Waals surface area (Å²) in [5.41, 5.74) is 0.836. The highest BCUT2D eigenvalue weighted by Gasteiger charge is 2.08. The summed E-state index contributed by atoms with van der Waals surface area (Å²) in [7, 11) is -3.20. The van der Waals surface area contributed by atoms with Gasteiger partial charge in [-0.1, -0.05) is 13.3 Å². The molecule has 2 rings (SSSR count). The fourth-order valence-corrected chi connectivity index (χ4v) is 2.62. The second-order valence-corrected chi connectivity index (χ2v) is 6.90. The van der Waals surface area contributed by atoms with E-state index in [2.05, 4.69) is 0 Å². The van der Waals surface area contributed by atoms with E-state index in [1.807, 2.05) is 6.92 Å².